The van der Waals surface area contributed by atoms with Crippen LogP contribution in [0.5, 0.6) is 0 Å². The number of nitrogens with zero attached hydrogens (tertiary/aromatic N) is 5. The van der Waals surface area contributed by atoms with E-state index in [1.807, 2.05) is 35.3 Å². The molecule has 0 unspecified atom stereocenters. The lowest BCUT2D eigenvalue weighted by atomic mass is 9.92. The maximum absolute atomic E-state index is 4.64. The minimum atomic E-state index is 0.0123. The van der Waals surface area contributed by atoms with E-state index in [-0.39, 0.29) is 5.41 Å². The first-order valence-electron chi connectivity index (χ1n) is 6.75. The summed E-state index contributed by atoms with van der Waals surface area (Å²) in [4.78, 5) is 4.49. The minimum absolute atomic E-state index is 0.0123. The lowest BCUT2D eigenvalue weighted by Gasteiger charge is -2.13. The fraction of sp³-hybridized carbons (Fsp3) is 0.400. The van der Waals surface area contributed by atoms with Crippen LogP contribution >= 0.6 is 0 Å². The zero-order valence-electron chi connectivity index (χ0n) is 12.5. The second-order valence-corrected chi connectivity index (χ2v) is 6.20. The van der Waals surface area contributed by atoms with Gasteiger partial charge in [0.1, 0.15) is 5.52 Å². The summed E-state index contributed by atoms with van der Waals surface area (Å²) in [6, 6.07) is 4.14. The van der Waals surface area contributed by atoms with Crippen molar-refractivity contribution in [1.29, 1.82) is 0 Å². The number of aryl methyl sites for hydroxylation is 2. The van der Waals surface area contributed by atoms with Crippen molar-refractivity contribution in [2.24, 2.45) is 0 Å². The Morgan fingerprint density at radius 1 is 1.05 bits per heavy atom. The van der Waals surface area contributed by atoms with Gasteiger partial charge in [0.2, 0.25) is 0 Å². The van der Waals surface area contributed by atoms with E-state index in [1.54, 1.807) is 6.20 Å². The normalized spacial score (nSPS) is 12.2. The largest absolute Gasteiger partial charge is 0.235 e. The van der Waals surface area contributed by atoms with E-state index in [2.05, 4.69) is 42.0 Å². The molecule has 0 saturated heterocycles. The molecular weight excluding hydrogens is 250 g/mol. The van der Waals surface area contributed by atoms with Gasteiger partial charge in [-0.05, 0) is 26.0 Å². The first-order chi connectivity index (χ1) is 9.36. The van der Waals surface area contributed by atoms with E-state index < -0.39 is 0 Å². The number of fused-ring (bicyclic) bond motifs is 1. The Hall–Kier alpha value is -2.17. The molecule has 0 N–H and O–H groups in total. The Labute approximate surface area is 118 Å². The van der Waals surface area contributed by atoms with Gasteiger partial charge in [0.25, 0.3) is 0 Å². The van der Waals surface area contributed by atoms with Crippen molar-refractivity contribution in [1.82, 2.24) is 24.4 Å². The third-order valence-electron chi connectivity index (χ3n) is 3.35. The molecule has 3 rings (SSSR count). The van der Waals surface area contributed by atoms with Gasteiger partial charge >= 0.3 is 0 Å². The third-order valence-corrected chi connectivity index (χ3v) is 3.35. The maximum Gasteiger partial charge on any atom is 0.179 e. The van der Waals surface area contributed by atoms with Crippen LogP contribution in [-0.4, -0.2) is 24.4 Å². The first-order valence-corrected chi connectivity index (χ1v) is 6.75. The van der Waals surface area contributed by atoms with Gasteiger partial charge in [-0.2, -0.15) is 10.2 Å². The highest BCUT2D eigenvalue weighted by Crippen LogP contribution is 2.24. The highest BCUT2D eigenvalue weighted by Gasteiger charge is 2.20. The molecule has 0 amide bonds. The second kappa shape index (κ2) is 4.16. The smallest absolute Gasteiger partial charge is 0.179 e. The fourth-order valence-electron chi connectivity index (χ4n) is 2.28. The molecule has 0 bridgehead atoms. The van der Waals surface area contributed by atoms with E-state index in [0.717, 1.165) is 28.4 Å². The number of rotatable bonds is 1. The van der Waals surface area contributed by atoms with E-state index in [4.69, 9.17) is 0 Å². The molecule has 3 aromatic rings. The molecule has 0 aliphatic heterocycles. The van der Waals surface area contributed by atoms with Gasteiger partial charge in [-0.25, -0.2) is 14.2 Å². The standard InChI is InChI=1S/C15H19N5/c1-10-8-11(2)20(17-10)14-12-9-13(15(3,4)5)18-19(12)7-6-16-14/h6-9H,1-5H3. The van der Waals surface area contributed by atoms with Gasteiger partial charge in [-0.3, -0.25) is 0 Å². The lowest BCUT2D eigenvalue weighted by molar-refractivity contribution is 0.562. The molecule has 3 aromatic heterocycles. The van der Waals surface area contributed by atoms with Crippen molar-refractivity contribution in [2.45, 2.75) is 40.0 Å². The third kappa shape index (κ3) is 1.99. The zero-order valence-corrected chi connectivity index (χ0v) is 12.5. The molecule has 0 atom stereocenters. The SMILES string of the molecule is Cc1cc(C)n(-c2nccn3nc(C(C)(C)C)cc23)n1. The number of aromatic nitrogens is 5. The second-order valence-electron chi connectivity index (χ2n) is 6.20. The van der Waals surface area contributed by atoms with E-state index in [1.165, 1.54) is 0 Å². The Balaban J connectivity index is 2.26. The maximum atomic E-state index is 4.64. The summed E-state index contributed by atoms with van der Waals surface area (Å²) in [6.45, 7) is 10.5. The summed E-state index contributed by atoms with van der Waals surface area (Å²) in [5, 5.41) is 9.16. The highest BCUT2D eigenvalue weighted by atomic mass is 15.3. The molecule has 20 heavy (non-hydrogen) atoms. The highest BCUT2D eigenvalue weighted by molar-refractivity contribution is 5.61. The molecule has 0 spiro atoms. The molecule has 5 nitrogen and oxygen atoms in total. The van der Waals surface area contributed by atoms with Crippen molar-refractivity contribution in [3.63, 3.8) is 0 Å². The van der Waals surface area contributed by atoms with E-state index in [0.29, 0.717) is 0 Å². The molecule has 0 radical (unpaired) electrons. The first kappa shape index (κ1) is 12.8. The predicted molar refractivity (Wildman–Crippen MR) is 78.3 cm³/mol. The minimum Gasteiger partial charge on any atom is -0.235 e. The van der Waals surface area contributed by atoms with E-state index >= 15 is 0 Å². The number of hydrogen-bond acceptors (Lipinski definition) is 3. The van der Waals surface area contributed by atoms with E-state index in [9.17, 15) is 0 Å². The molecule has 3 heterocycles. The average molecular weight is 269 g/mol. The van der Waals surface area contributed by atoms with Crippen LogP contribution in [0.25, 0.3) is 11.3 Å². The Bertz CT molecular complexity index is 773. The zero-order chi connectivity index (χ0) is 14.5. The predicted octanol–water partition coefficient (Wildman–Crippen LogP) is 2.83. The Kier molecular flexibility index (Phi) is 2.67. The molecule has 0 saturated carbocycles. The van der Waals surface area contributed by atoms with Crippen LogP contribution in [0.4, 0.5) is 0 Å². The summed E-state index contributed by atoms with van der Waals surface area (Å²) in [5.41, 5.74) is 4.10. The lowest BCUT2D eigenvalue weighted by Crippen LogP contribution is -2.11. The quantitative estimate of drug-likeness (QED) is 0.682. The summed E-state index contributed by atoms with van der Waals surface area (Å²) in [6.07, 6.45) is 3.64. The topological polar surface area (TPSA) is 48.0 Å². The van der Waals surface area contributed by atoms with Crippen molar-refractivity contribution < 1.29 is 0 Å². The molecule has 0 aliphatic rings. The van der Waals surface area contributed by atoms with Crippen molar-refractivity contribution in [2.75, 3.05) is 0 Å². The Morgan fingerprint density at radius 2 is 1.80 bits per heavy atom. The van der Waals surface area contributed by atoms with Gasteiger partial charge < -0.3 is 0 Å². The summed E-state index contributed by atoms with van der Waals surface area (Å²) >= 11 is 0. The monoisotopic (exact) mass is 269 g/mol. The van der Waals surface area contributed by atoms with Crippen LogP contribution in [0, 0.1) is 13.8 Å². The van der Waals surface area contributed by atoms with Crippen LogP contribution in [0.1, 0.15) is 37.9 Å². The molecule has 5 heteroatoms. The van der Waals surface area contributed by atoms with Crippen molar-refractivity contribution in [3.8, 4) is 5.82 Å². The molecule has 104 valence electrons. The van der Waals surface area contributed by atoms with Gasteiger partial charge in [0.15, 0.2) is 5.82 Å². The number of hydrogen-bond donors (Lipinski definition) is 0. The average Bonchev–Trinajstić information content (AvgIpc) is 2.91. The Morgan fingerprint density at radius 3 is 2.40 bits per heavy atom. The molecule has 0 aliphatic carbocycles. The molecular formula is C15H19N5. The molecule has 0 fully saturated rings. The molecule has 0 aromatic carbocycles. The van der Waals surface area contributed by atoms with Crippen molar-refractivity contribution in [3.05, 3.63) is 41.6 Å². The van der Waals surface area contributed by atoms with Crippen LogP contribution in [0.2, 0.25) is 0 Å². The summed E-state index contributed by atoms with van der Waals surface area (Å²) in [5.74, 6) is 0.820. The van der Waals surface area contributed by atoms with Gasteiger partial charge in [0, 0.05) is 23.5 Å². The van der Waals surface area contributed by atoms with Crippen LogP contribution in [0.3, 0.4) is 0 Å². The van der Waals surface area contributed by atoms with Gasteiger partial charge in [-0.15, -0.1) is 0 Å². The van der Waals surface area contributed by atoms with Gasteiger partial charge in [-0.1, -0.05) is 20.8 Å². The van der Waals surface area contributed by atoms with Crippen molar-refractivity contribution >= 4 is 5.52 Å². The van der Waals surface area contributed by atoms with Crippen LogP contribution in [-0.2, 0) is 5.41 Å². The van der Waals surface area contributed by atoms with Crippen LogP contribution in [0.15, 0.2) is 24.5 Å². The van der Waals surface area contributed by atoms with Crippen LogP contribution < -0.4 is 0 Å². The fourth-order valence-corrected chi connectivity index (χ4v) is 2.28. The van der Waals surface area contributed by atoms with Gasteiger partial charge in [0.05, 0.1) is 11.4 Å². The summed E-state index contributed by atoms with van der Waals surface area (Å²) < 4.78 is 3.75. The summed E-state index contributed by atoms with van der Waals surface area (Å²) in [7, 11) is 0.